The van der Waals surface area contributed by atoms with E-state index in [-0.39, 0.29) is 12.0 Å². The summed E-state index contributed by atoms with van der Waals surface area (Å²) in [6.45, 7) is 2.45. The van der Waals surface area contributed by atoms with Gasteiger partial charge in [0, 0.05) is 38.6 Å². The minimum absolute atomic E-state index is 0.259. The lowest BCUT2D eigenvalue weighted by Gasteiger charge is -2.26. The summed E-state index contributed by atoms with van der Waals surface area (Å²) < 4.78 is 5.19. The van der Waals surface area contributed by atoms with Crippen molar-refractivity contribution in [1.82, 2.24) is 15.5 Å². The molecule has 1 aromatic rings. The Balaban J connectivity index is 1.40. The summed E-state index contributed by atoms with van der Waals surface area (Å²) >= 11 is 0. The van der Waals surface area contributed by atoms with E-state index in [1.165, 1.54) is 24.8 Å². The van der Waals surface area contributed by atoms with E-state index in [0.717, 1.165) is 57.0 Å². The van der Waals surface area contributed by atoms with Crippen molar-refractivity contribution < 1.29 is 9.53 Å². The molecule has 2 N–H and O–H groups in total. The summed E-state index contributed by atoms with van der Waals surface area (Å²) in [6.07, 6.45) is 7.74. The average molecular weight is 387 g/mol. The molecule has 2 fully saturated rings. The van der Waals surface area contributed by atoms with Gasteiger partial charge in [0.05, 0.1) is 7.11 Å². The summed E-state index contributed by atoms with van der Waals surface area (Å²) in [7, 11) is 3.47. The van der Waals surface area contributed by atoms with E-state index in [0.29, 0.717) is 5.91 Å². The standard InChI is InChI=1S/C22H34N4O2/c1-23-22(24-14-12-17-8-10-20(28-2)11-9-17)25-19-13-15-26(16-19)21(27)18-6-4-3-5-7-18/h8-11,18-19H,3-7,12-16H2,1-2H3,(H2,23,24,25). The van der Waals surface area contributed by atoms with Crippen molar-refractivity contribution in [2.45, 2.75) is 51.0 Å². The maximum atomic E-state index is 12.7. The fourth-order valence-electron chi connectivity index (χ4n) is 4.19. The van der Waals surface area contributed by atoms with Crippen LogP contribution in [0.5, 0.6) is 5.75 Å². The number of carbonyl (C=O) groups excluding carboxylic acids is 1. The van der Waals surface area contributed by atoms with Crippen molar-refractivity contribution in [2.75, 3.05) is 33.8 Å². The van der Waals surface area contributed by atoms with Crippen molar-refractivity contribution >= 4 is 11.9 Å². The smallest absolute Gasteiger partial charge is 0.225 e. The Labute approximate surface area is 168 Å². The lowest BCUT2D eigenvalue weighted by Crippen LogP contribution is -2.46. The van der Waals surface area contributed by atoms with Gasteiger partial charge in [0.15, 0.2) is 5.96 Å². The van der Waals surface area contributed by atoms with Crippen LogP contribution in [0.25, 0.3) is 0 Å². The number of rotatable bonds is 6. The van der Waals surface area contributed by atoms with Gasteiger partial charge in [-0.25, -0.2) is 0 Å². The van der Waals surface area contributed by atoms with Crippen molar-refractivity contribution in [2.24, 2.45) is 10.9 Å². The SMILES string of the molecule is CN=C(NCCc1ccc(OC)cc1)NC1CCN(C(=O)C2CCCCC2)C1. The Morgan fingerprint density at radius 1 is 1.18 bits per heavy atom. The zero-order valence-electron chi connectivity index (χ0n) is 17.2. The number of ether oxygens (including phenoxy) is 1. The Hall–Kier alpha value is -2.24. The first kappa shape index (κ1) is 20.5. The van der Waals surface area contributed by atoms with Crippen LogP contribution in [-0.4, -0.2) is 56.6 Å². The molecule has 0 spiro atoms. The number of carbonyl (C=O) groups is 1. The third-order valence-corrected chi connectivity index (χ3v) is 5.88. The molecule has 1 unspecified atom stereocenters. The zero-order valence-corrected chi connectivity index (χ0v) is 17.2. The lowest BCUT2D eigenvalue weighted by atomic mass is 9.88. The number of amides is 1. The molecule has 0 bridgehead atoms. The van der Waals surface area contributed by atoms with Gasteiger partial charge < -0.3 is 20.3 Å². The second kappa shape index (κ2) is 10.3. The van der Waals surface area contributed by atoms with Crippen molar-refractivity contribution in [3.8, 4) is 5.75 Å². The fraction of sp³-hybridized carbons (Fsp3) is 0.636. The first-order valence-corrected chi connectivity index (χ1v) is 10.6. The van der Waals surface area contributed by atoms with E-state index in [2.05, 4.69) is 32.7 Å². The van der Waals surface area contributed by atoms with Gasteiger partial charge >= 0.3 is 0 Å². The van der Waals surface area contributed by atoms with Crippen LogP contribution in [0.4, 0.5) is 0 Å². The number of likely N-dealkylation sites (tertiary alicyclic amines) is 1. The predicted molar refractivity (Wildman–Crippen MR) is 113 cm³/mol. The molecular weight excluding hydrogens is 352 g/mol. The van der Waals surface area contributed by atoms with Gasteiger partial charge in [0.1, 0.15) is 5.75 Å². The topological polar surface area (TPSA) is 66.0 Å². The Kier molecular flexibility index (Phi) is 7.57. The van der Waals surface area contributed by atoms with E-state index in [9.17, 15) is 4.79 Å². The molecule has 1 aliphatic heterocycles. The summed E-state index contributed by atoms with van der Waals surface area (Å²) in [5.41, 5.74) is 1.26. The summed E-state index contributed by atoms with van der Waals surface area (Å²) in [4.78, 5) is 19.1. The summed E-state index contributed by atoms with van der Waals surface area (Å²) in [6, 6.07) is 8.42. The lowest BCUT2D eigenvalue weighted by molar-refractivity contribution is -0.135. The molecule has 3 rings (SSSR count). The first-order valence-electron chi connectivity index (χ1n) is 10.6. The van der Waals surface area contributed by atoms with Crippen LogP contribution >= 0.6 is 0 Å². The van der Waals surface area contributed by atoms with Crippen LogP contribution in [0.2, 0.25) is 0 Å². The number of nitrogens with one attached hydrogen (secondary N) is 2. The van der Waals surface area contributed by atoms with Gasteiger partial charge in [-0.2, -0.15) is 0 Å². The molecule has 1 heterocycles. The number of hydrogen-bond donors (Lipinski definition) is 2. The molecule has 0 aromatic heterocycles. The molecule has 1 atom stereocenters. The molecule has 1 aliphatic carbocycles. The molecule has 1 amide bonds. The van der Waals surface area contributed by atoms with Gasteiger partial charge in [-0.15, -0.1) is 0 Å². The molecule has 154 valence electrons. The minimum atomic E-state index is 0.259. The second-order valence-corrected chi connectivity index (χ2v) is 7.85. The molecule has 6 heteroatoms. The minimum Gasteiger partial charge on any atom is -0.497 e. The van der Waals surface area contributed by atoms with Crippen LogP contribution in [0.3, 0.4) is 0 Å². The predicted octanol–water partition coefficient (Wildman–Crippen LogP) is 2.58. The highest BCUT2D eigenvalue weighted by Crippen LogP contribution is 2.26. The van der Waals surface area contributed by atoms with Crippen LogP contribution in [0.15, 0.2) is 29.3 Å². The fourth-order valence-corrected chi connectivity index (χ4v) is 4.19. The highest BCUT2D eigenvalue weighted by atomic mass is 16.5. The van der Waals surface area contributed by atoms with E-state index in [4.69, 9.17) is 4.74 Å². The number of aliphatic imine (C=N–C) groups is 1. The molecular formula is C22H34N4O2. The molecule has 1 aromatic carbocycles. The van der Waals surface area contributed by atoms with Crippen molar-refractivity contribution in [1.29, 1.82) is 0 Å². The molecule has 0 radical (unpaired) electrons. The maximum Gasteiger partial charge on any atom is 0.225 e. The van der Waals surface area contributed by atoms with Crippen LogP contribution in [0, 0.1) is 5.92 Å². The van der Waals surface area contributed by atoms with Crippen molar-refractivity contribution in [3.05, 3.63) is 29.8 Å². The Bertz CT molecular complexity index is 653. The van der Waals surface area contributed by atoms with Crippen LogP contribution in [-0.2, 0) is 11.2 Å². The van der Waals surface area contributed by atoms with Crippen LogP contribution in [0.1, 0.15) is 44.1 Å². The Morgan fingerprint density at radius 3 is 2.61 bits per heavy atom. The number of nitrogens with zero attached hydrogens (tertiary/aromatic N) is 2. The normalized spacial score (nSPS) is 20.9. The molecule has 2 aliphatic rings. The molecule has 6 nitrogen and oxygen atoms in total. The largest absolute Gasteiger partial charge is 0.497 e. The van der Waals surface area contributed by atoms with Gasteiger partial charge in [-0.1, -0.05) is 31.4 Å². The number of methoxy groups -OCH3 is 1. The Morgan fingerprint density at radius 2 is 1.93 bits per heavy atom. The van der Waals surface area contributed by atoms with Gasteiger partial charge in [-0.3, -0.25) is 9.79 Å². The third kappa shape index (κ3) is 5.63. The van der Waals surface area contributed by atoms with E-state index in [1.54, 1.807) is 14.2 Å². The van der Waals surface area contributed by atoms with Crippen LogP contribution < -0.4 is 15.4 Å². The number of benzene rings is 1. The number of guanidine groups is 1. The second-order valence-electron chi connectivity index (χ2n) is 7.85. The highest BCUT2D eigenvalue weighted by molar-refractivity contribution is 5.81. The van der Waals surface area contributed by atoms with Gasteiger partial charge in [0.2, 0.25) is 5.91 Å². The third-order valence-electron chi connectivity index (χ3n) is 5.88. The maximum absolute atomic E-state index is 12.7. The zero-order chi connectivity index (χ0) is 19.8. The molecule has 28 heavy (non-hydrogen) atoms. The van der Waals surface area contributed by atoms with Gasteiger partial charge in [0.25, 0.3) is 0 Å². The van der Waals surface area contributed by atoms with E-state index >= 15 is 0 Å². The molecule has 1 saturated heterocycles. The summed E-state index contributed by atoms with van der Waals surface area (Å²) in [5, 5.41) is 6.87. The molecule has 1 saturated carbocycles. The van der Waals surface area contributed by atoms with E-state index < -0.39 is 0 Å². The monoisotopic (exact) mass is 386 g/mol. The van der Waals surface area contributed by atoms with Gasteiger partial charge in [-0.05, 0) is 43.4 Å². The summed E-state index contributed by atoms with van der Waals surface area (Å²) in [5.74, 6) is 2.31. The van der Waals surface area contributed by atoms with Crippen molar-refractivity contribution in [3.63, 3.8) is 0 Å². The quantitative estimate of drug-likeness (QED) is 0.583. The average Bonchev–Trinajstić information content (AvgIpc) is 3.22. The number of hydrogen-bond acceptors (Lipinski definition) is 3. The highest BCUT2D eigenvalue weighted by Gasteiger charge is 2.31. The van der Waals surface area contributed by atoms with E-state index in [1.807, 2.05) is 12.1 Å². The first-order chi connectivity index (χ1) is 13.7.